The zero-order valence-corrected chi connectivity index (χ0v) is 20.5. The lowest BCUT2D eigenvalue weighted by molar-refractivity contribution is 0.102. The third kappa shape index (κ3) is 4.63. The summed E-state index contributed by atoms with van der Waals surface area (Å²) in [7, 11) is -1.06. The number of rotatable bonds is 7. The zero-order valence-electron chi connectivity index (χ0n) is 18.9. The van der Waals surface area contributed by atoms with E-state index < -0.39 is 15.9 Å². The van der Waals surface area contributed by atoms with Crippen molar-refractivity contribution in [3.63, 3.8) is 0 Å². The number of anilines is 2. The fourth-order valence-corrected chi connectivity index (χ4v) is 5.37. The summed E-state index contributed by atoms with van der Waals surface area (Å²) < 4.78 is 35.6. The van der Waals surface area contributed by atoms with Gasteiger partial charge in [-0.25, -0.2) is 18.4 Å². The summed E-state index contributed by atoms with van der Waals surface area (Å²) in [4.78, 5) is 21.0. The summed E-state index contributed by atoms with van der Waals surface area (Å²) in [6.07, 6.45) is 1.32. The molecule has 0 unspecified atom stereocenters. The van der Waals surface area contributed by atoms with Gasteiger partial charge in [0.2, 0.25) is 5.88 Å². The van der Waals surface area contributed by atoms with E-state index in [9.17, 15) is 13.2 Å². The summed E-state index contributed by atoms with van der Waals surface area (Å²) in [6, 6.07) is 10.8. The molecule has 2 N–H and O–H groups in total. The molecule has 0 bridgehead atoms. The van der Waals surface area contributed by atoms with Crippen molar-refractivity contribution in [3.05, 3.63) is 65.1 Å². The van der Waals surface area contributed by atoms with Crippen molar-refractivity contribution >= 4 is 38.6 Å². The average molecular weight is 499 g/mol. The number of pyridine rings is 1. The second-order valence-electron chi connectivity index (χ2n) is 7.36. The van der Waals surface area contributed by atoms with Gasteiger partial charge in [-0.15, -0.1) is 11.3 Å². The van der Waals surface area contributed by atoms with Crippen LogP contribution < -0.4 is 14.8 Å². The van der Waals surface area contributed by atoms with Crippen LogP contribution in [-0.2, 0) is 17.1 Å². The van der Waals surface area contributed by atoms with Crippen LogP contribution in [0, 0.1) is 13.8 Å². The molecule has 10 nitrogen and oxygen atoms in total. The first-order chi connectivity index (χ1) is 16.2. The topological polar surface area (TPSA) is 128 Å². The van der Waals surface area contributed by atoms with Crippen LogP contribution in [0.3, 0.4) is 0 Å². The van der Waals surface area contributed by atoms with Gasteiger partial charge in [0.25, 0.3) is 15.9 Å². The number of thiazole rings is 1. The first-order valence-corrected chi connectivity index (χ1v) is 12.4. The first-order valence-electron chi connectivity index (χ1n) is 10.1. The Labute approximate surface area is 200 Å². The molecule has 12 heteroatoms. The second-order valence-corrected chi connectivity index (χ2v) is 9.87. The van der Waals surface area contributed by atoms with Crippen LogP contribution in [0.4, 0.5) is 11.4 Å². The summed E-state index contributed by atoms with van der Waals surface area (Å²) in [6.45, 7) is 3.45. The second kappa shape index (κ2) is 9.23. The van der Waals surface area contributed by atoms with Crippen LogP contribution in [0.2, 0.25) is 0 Å². The Morgan fingerprint density at radius 2 is 1.91 bits per heavy atom. The fraction of sp³-hybridized carbons (Fsp3) is 0.182. The van der Waals surface area contributed by atoms with Gasteiger partial charge >= 0.3 is 0 Å². The monoisotopic (exact) mass is 498 g/mol. The Bertz CT molecular complexity index is 1460. The number of hydrogen-bond acceptors (Lipinski definition) is 8. The molecule has 34 heavy (non-hydrogen) atoms. The number of ether oxygens (including phenoxy) is 1. The minimum absolute atomic E-state index is 0.107. The molecule has 0 aliphatic heterocycles. The molecule has 4 rings (SSSR count). The molecule has 0 aliphatic carbocycles. The lowest BCUT2D eigenvalue weighted by atomic mass is 10.2. The lowest BCUT2D eigenvalue weighted by Crippen LogP contribution is -2.17. The Balaban J connectivity index is 1.60. The molecular weight excluding hydrogens is 476 g/mol. The third-order valence-corrected chi connectivity index (χ3v) is 7.30. The smallest absolute Gasteiger partial charge is 0.275 e. The predicted octanol–water partition coefficient (Wildman–Crippen LogP) is 3.62. The molecule has 0 radical (unpaired) electrons. The van der Waals surface area contributed by atoms with Crippen LogP contribution in [0.5, 0.6) is 5.88 Å². The summed E-state index contributed by atoms with van der Waals surface area (Å²) >= 11 is 1.34. The molecule has 0 atom stereocenters. The molecule has 0 fully saturated rings. The number of carbonyl (C=O) groups excluding carboxylic acids is 1. The molecule has 176 valence electrons. The Morgan fingerprint density at radius 3 is 2.56 bits per heavy atom. The van der Waals surface area contributed by atoms with Gasteiger partial charge in [0, 0.05) is 18.0 Å². The number of hydrogen-bond donors (Lipinski definition) is 2. The van der Waals surface area contributed by atoms with E-state index in [-0.39, 0.29) is 22.2 Å². The Hall–Kier alpha value is -3.77. The number of carbonyl (C=O) groups is 1. The van der Waals surface area contributed by atoms with Gasteiger partial charge in [-0.05, 0) is 19.9 Å². The molecule has 4 aromatic rings. The van der Waals surface area contributed by atoms with Crippen molar-refractivity contribution in [1.82, 2.24) is 19.7 Å². The first kappa shape index (κ1) is 23.4. The Kier molecular flexibility index (Phi) is 6.35. The quantitative estimate of drug-likeness (QED) is 0.398. The predicted molar refractivity (Wildman–Crippen MR) is 130 cm³/mol. The van der Waals surface area contributed by atoms with E-state index in [4.69, 9.17) is 4.74 Å². The summed E-state index contributed by atoms with van der Waals surface area (Å²) in [5.74, 6) is -0.592. The van der Waals surface area contributed by atoms with E-state index in [1.807, 2.05) is 30.3 Å². The number of methoxy groups -OCH3 is 1. The highest BCUT2D eigenvalue weighted by atomic mass is 32.2. The molecule has 1 aromatic carbocycles. The normalized spacial score (nSPS) is 11.3. The lowest BCUT2D eigenvalue weighted by Gasteiger charge is -2.13. The van der Waals surface area contributed by atoms with E-state index in [0.717, 1.165) is 5.56 Å². The van der Waals surface area contributed by atoms with E-state index in [2.05, 4.69) is 25.1 Å². The molecular formula is C22H22N6O4S2. The van der Waals surface area contributed by atoms with Crippen LogP contribution in [0.25, 0.3) is 10.6 Å². The standard InChI is InChI=1S/C22H22N6O4S2/c1-13-19(14(2)28(3)26-13)27-34(30,31)18-10-16(11-23-21(18)32-4)24-20(29)17-12-33-22(25-17)15-8-6-5-7-9-15/h5-12,27H,1-4H3,(H,24,29). The number of benzene rings is 1. The van der Waals surface area contributed by atoms with Crippen LogP contribution in [0.1, 0.15) is 21.9 Å². The average Bonchev–Trinajstić information content (AvgIpc) is 3.41. The summed E-state index contributed by atoms with van der Waals surface area (Å²) in [5.41, 5.74) is 2.84. The molecule has 3 aromatic heterocycles. The van der Waals surface area contributed by atoms with Gasteiger partial charge in [-0.3, -0.25) is 14.2 Å². The maximum atomic E-state index is 13.2. The fourth-order valence-electron chi connectivity index (χ4n) is 3.24. The van der Waals surface area contributed by atoms with Gasteiger partial charge in [0.05, 0.1) is 36.1 Å². The minimum Gasteiger partial charge on any atom is -0.480 e. The molecule has 0 saturated carbocycles. The van der Waals surface area contributed by atoms with Gasteiger partial charge in [-0.1, -0.05) is 30.3 Å². The van der Waals surface area contributed by atoms with E-state index in [1.54, 1.807) is 31.0 Å². The highest BCUT2D eigenvalue weighted by molar-refractivity contribution is 7.92. The summed E-state index contributed by atoms with van der Waals surface area (Å²) in [5, 5.41) is 9.22. The third-order valence-electron chi connectivity index (χ3n) is 5.06. The maximum Gasteiger partial charge on any atom is 0.275 e. The van der Waals surface area contributed by atoms with E-state index in [0.29, 0.717) is 22.1 Å². The zero-order chi connectivity index (χ0) is 24.5. The minimum atomic E-state index is -4.10. The number of nitrogens with one attached hydrogen (secondary N) is 2. The van der Waals surface area contributed by atoms with Gasteiger partial charge < -0.3 is 10.1 Å². The number of aryl methyl sites for hydroxylation is 2. The van der Waals surface area contributed by atoms with Gasteiger partial charge in [-0.2, -0.15) is 5.10 Å². The largest absolute Gasteiger partial charge is 0.480 e. The number of nitrogens with zero attached hydrogens (tertiary/aromatic N) is 4. The van der Waals surface area contributed by atoms with Crippen molar-refractivity contribution in [2.75, 3.05) is 17.1 Å². The van der Waals surface area contributed by atoms with Gasteiger partial charge in [0.1, 0.15) is 10.7 Å². The van der Waals surface area contributed by atoms with E-state index in [1.165, 1.54) is 30.7 Å². The molecule has 1 amide bonds. The van der Waals surface area contributed by atoms with Gasteiger partial charge in [0.15, 0.2) is 4.90 Å². The van der Waals surface area contributed by atoms with Crippen molar-refractivity contribution in [2.45, 2.75) is 18.7 Å². The van der Waals surface area contributed by atoms with Crippen molar-refractivity contribution in [2.24, 2.45) is 7.05 Å². The number of sulfonamides is 1. The number of amides is 1. The highest BCUT2D eigenvalue weighted by Crippen LogP contribution is 2.29. The van der Waals surface area contributed by atoms with Crippen LogP contribution in [0.15, 0.2) is 52.9 Å². The van der Waals surface area contributed by atoms with E-state index >= 15 is 0 Å². The molecule has 0 spiro atoms. The van der Waals surface area contributed by atoms with Crippen molar-refractivity contribution in [3.8, 4) is 16.5 Å². The molecule has 0 saturated heterocycles. The SMILES string of the molecule is COc1ncc(NC(=O)c2csc(-c3ccccc3)n2)cc1S(=O)(=O)Nc1c(C)nn(C)c1C. The van der Waals surface area contributed by atoms with Crippen LogP contribution >= 0.6 is 11.3 Å². The van der Waals surface area contributed by atoms with Crippen molar-refractivity contribution < 1.29 is 17.9 Å². The molecule has 0 aliphatic rings. The number of aromatic nitrogens is 4. The Morgan fingerprint density at radius 1 is 1.18 bits per heavy atom. The highest BCUT2D eigenvalue weighted by Gasteiger charge is 2.25. The molecule has 3 heterocycles. The van der Waals surface area contributed by atoms with Crippen molar-refractivity contribution in [1.29, 1.82) is 0 Å². The maximum absolute atomic E-state index is 13.2. The van der Waals surface area contributed by atoms with Crippen LogP contribution in [-0.4, -0.2) is 41.2 Å².